The molecule has 1 heterocycles. The molecule has 11 heteroatoms. The number of para-hydroxylation sites is 1. The second kappa shape index (κ2) is 8.49. The Bertz CT molecular complexity index is 1160. The average Bonchev–Trinajstić information content (AvgIpc) is 3.15. The molecule has 0 saturated carbocycles. The topological polar surface area (TPSA) is 134 Å². The van der Waals surface area contributed by atoms with Crippen LogP contribution in [0.2, 0.25) is 0 Å². The van der Waals surface area contributed by atoms with E-state index in [1.165, 1.54) is 10.7 Å². The number of rotatable bonds is 5. The zero-order chi connectivity index (χ0) is 22.0. The number of methoxy groups -OCH3 is 2. The van der Waals surface area contributed by atoms with E-state index in [4.69, 9.17) is 9.47 Å². The molecule has 0 atom stereocenters. The van der Waals surface area contributed by atoms with Crippen LogP contribution in [0, 0.1) is 13.7 Å². The van der Waals surface area contributed by atoms with Crippen LogP contribution in [0.4, 0.5) is 5.69 Å². The number of phenols is 1. The third-order valence-electron chi connectivity index (χ3n) is 4.17. The number of benzene rings is 2. The first-order chi connectivity index (χ1) is 14.3. The van der Waals surface area contributed by atoms with E-state index in [2.05, 4.69) is 5.10 Å². The van der Waals surface area contributed by atoms with Crippen molar-refractivity contribution in [2.24, 2.45) is 0 Å². The Balaban J connectivity index is 2.44. The van der Waals surface area contributed by atoms with E-state index < -0.39 is 16.9 Å². The van der Waals surface area contributed by atoms with Gasteiger partial charge in [0, 0.05) is 12.1 Å². The van der Waals surface area contributed by atoms with Gasteiger partial charge in [-0.2, -0.15) is 5.10 Å². The second-order valence-electron chi connectivity index (χ2n) is 5.88. The molecule has 0 spiro atoms. The summed E-state index contributed by atoms with van der Waals surface area (Å²) in [5, 5.41) is 26.2. The molecule has 0 radical (unpaired) electrons. The Morgan fingerprint density at radius 3 is 2.33 bits per heavy atom. The van der Waals surface area contributed by atoms with Gasteiger partial charge >= 0.3 is 11.9 Å². The summed E-state index contributed by atoms with van der Waals surface area (Å²) in [4.78, 5) is 35.8. The maximum atomic E-state index is 12.6. The van der Waals surface area contributed by atoms with Gasteiger partial charge in [-0.1, -0.05) is 18.2 Å². The number of carbonyl (C=O) groups is 2. The zero-order valence-corrected chi connectivity index (χ0v) is 17.8. The number of ether oxygens (including phenoxy) is 2. The highest BCUT2D eigenvalue weighted by atomic mass is 127. The number of nitro groups is 1. The molecule has 10 nitrogen and oxygen atoms in total. The van der Waals surface area contributed by atoms with Crippen LogP contribution < -0.4 is 0 Å². The molecule has 3 aromatic rings. The number of esters is 2. The van der Waals surface area contributed by atoms with Crippen LogP contribution in [0.5, 0.6) is 5.75 Å². The summed E-state index contributed by atoms with van der Waals surface area (Å²) in [7, 11) is 2.25. The van der Waals surface area contributed by atoms with Gasteiger partial charge in [0.05, 0.1) is 34.0 Å². The first-order valence-corrected chi connectivity index (χ1v) is 9.40. The van der Waals surface area contributed by atoms with E-state index in [1.54, 1.807) is 52.9 Å². The van der Waals surface area contributed by atoms with Crippen LogP contribution in [-0.4, -0.2) is 46.0 Å². The van der Waals surface area contributed by atoms with Crippen LogP contribution in [0.25, 0.3) is 16.9 Å². The summed E-state index contributed by atoms with van der Waals surface area (Å²) in [6.07, 6.45) is 0. The van der Waals surface area contributed by atoms with Crippen molar-refractivity contribution in [1.29, 1.82) is 0 Å². The van der Waals surface area contributed by atoms with Crippen LogP contribution >= 0.6 is 22.6 Å². The maximum absolute atomic E-state index is 12.6. The largest absolute Gasteiger partial charge is 0.506 e. The number of aromatic hydroxyl groups is 1. The fourth-order valence-electron chi connectivity index (χ4n) is 2.81. The molecule has 0 amide bonds. The van der Waals surface area contributed by atoms with Crippen molar-refractivity contribution >= 4 is 40.2 Å². The number of carbonyl (C=O) groups excluding carboxylic acids is 2. The Kier molecular flexibility index (Phi) is 6.01. The molecule has 0 aliphatic heterocycles. The third kappa shape index (κ3) is 3.70. The van der Waals surface area contributed by atoms with Crippen LogP contribution in [0.1, 0.15) is 20.8 Å². The van der Waals surface area contributed by atoms with Gasteiger partial charge in [-0.25, -0.2) is 14.3 Å². The van der Waals surface area contributed by atoms with Gasteiger partial charge in [-0.15, -0.1) is 0 Å². The highest BCUT2D eigenvalue weighted by Gasteiger charge is 2.33. The van der Waals surface area contributed by atoms with E-state index in [9.17, 15) is 24.8 Å². The predicted molar refractivity (Wildman–Crippen MR) is 113 cm³/mol. The number of aromatic nitrogens is 2. The van der Waals surface area contributed by atoms with Crippen LogP contribution in [0.3, 0.4) is 0 Å². The molecular weight excluding hydrogens is 509 g/mol. The van der Waals surface area contributed by atoms with Gasteiger partial charge in [0.25, 0.3) is 5.69 Å². The monoisotopic (exact) mass is 523 g/mol. The molecular formula is C19H14IN3O7. The molecule has 1 N–H and O–H groups in total. The first kappa shape index (κ1) is 21.2. The highest BCUT2D eigenvalue weighted by molar-refractivity contribution is 14.1. The van der Waals surface area contributed by atoms with Crippen molar-refractivity contribution in [3.63, 3.8) is 0 Å². The van der Waals surface area contributed by atoms with E-state index in [1.807, 2.05) is 0 Å². The number of hydrogen-bond donors (Lipinski definition) is 1. The van der Waals surface area contributed by atoms with Crippen LogP contribution in [-0.2, 0) is 9.47 Å². The lowest BCUT2D eigenvalue weighted by Crippen LogP contribution is -2.15. The summed E-state index contributed by atoms with van der Waals surface area (Å²) < 4.78 is 11.0. The SMILES string of the molecule is COC(=O)c1c(-c2cc([N+](=O)[O-])cc(I)c2O)nn(-c2ccccc2)c1C(=O)OC. The standard InChI is InChI=1S/C19H14IN3O7/c1-29-18(25)14-15(12-8-11(23(27)28)9-13(20)17(12)24)21-22(16(14)19(26)30-2)10-6-4-3-5-7-10/h3-9,24H,1-2H3. The van der Waals surface area contributed by atoms with Gasteiger partial charge in [-0.3, -0.25) is 10.1 Å². The summed E-state index contributed by atoms with van der Waals surface area (Å²) in [5.74, 6) is -2.13. The fourth-order valence-corrected chi connectivity index (χ4v) is 3.42. The minimum absolute atomic E-state index is 0.103. The molecule has 0 aliphatic carbocycles. The van der Waals surface area contributed by atoms with E-state index in [0.29, 0.717) is 5.69 Å². The van der Waals surface area contributed by atoms with Gasteiger partial charge in [0.15, 0.2) is 5.69 Å². The van der Waals surface area contributed by atoms with E-state index >= 15 is 0 Å². The number of non-ortho nitro benzene ring substituents is 1. The Hall–Kier alpha value is -3.48. The van der Waals surface area contributed by atoms with Gasteiger partial charge in [0.2, 0.25) is 0 Å². The minimum Gasteiger partial charge on any atom is -0.506 e. The lowest BCUT2D eigenvalue weighted by molar-refractivity contribution is -0.384. The number of phenolic OH excluding ortho intramolecular Hbond substituents is 1. The fraction of sp³-hybridized carbons (Fsp3) is 0.105. The maximum Gasteiger partial charge on any atom is 0.357 e. The quantitative estimate of drug-likeness (QED) is 0.233. The van der Waals surface area contributed by atoms with Crippen molar-refractivity contribution in [1.82, 2.24) is 9.78 Å². The summed E-state index contributed by atoms with van der Waals surface area (Å²) in [5.41, 5.74) is -0.698. The Morgan fingerprint density at radius 1 is 1.13 bits per heavy atom. The normalized spacial score (nSPS) is 10.5. The van der Waals surface area contributed by atoms with Crippen molar-refractivity contribution in [3.05, 3.63) is 67.4 Å². The molecule has 154 valence electrons. The van der Waals surface area contributed by atoms with E-state index in [0.717, 1.165) is 20.3 Å². The Labute approximate surface area is 183 Å². The lowest BCUT2D eigenvalue weighted by Gasteiger charge is -2.07. The van der Waals surface area contributed by atoms with Gasteiger partial charge in [0.1, 0.15) is 17.0 Å². The molecule has 2 aromatic carbocycles. The van der Waals surface area contributed by atoms with Gasteiger partial charge < -0.3 is 14.6 Å². The van der Waals surface area contributed by atoms with Crippen molar-refractivity contribution in [2.75, 3.05) is 14.2 Å². The number of hydrogen-bond acceptors (Lipinski definition) is 8. The second-order valence-corrected chi connectivity index (χ2v) is 7.05. The lowest BCUT2D eigenvalue weighted by atomic mass is 10.0. The molecule has 0 aliphatic rings. The van der Waals surface area contributed by atoms with Crippen molar-refractivity contribution in [3.8, 4) is 22.7 Å². The van der Waals surface area contributed by atoms with Gasteiger partial charge in [-0.05, 0) is 34.7 Å². The predicted octanol–water partition coefficient (Wildman–Crippen LogP) is 3.33. The van der Waals surface area contributed by atoms with E-state index in [-0.39, 0.29) is 37.5 Å². The number of nitro benzene ring substituents is 1. The molecule has 0 saturated heterocycles. The molecule has 0 unspecified atom stereocenters. The first-order valence-electron chi connectivity index (χ1n) is 8.32. The Morgan fingerprint density at radius 2 is 1.77 bits per heavy atom. The smallest absolute Gasteiger partial charge is 0.357 e. The minimum atomic E-state index is -0.923. The number of nitrogens with zero attached hydrogens (tertiary/aromatic N) is 3. The van der Waals surface area contributed by atoms with Crippen molar-refractivity contribution < 1.29 is 29.1 Å². The summed E-state index contributed by atoms with van der Waals surface area (Å²) >= 11 is 1.73. The molecule has 0 fully saturated rings. The van der Waals surface area contributed by atoms with Crippen molar-refractivity contribution in [2.45, 2.75) is 0 Å². The molecule has 3 rings (SSSR count). The summed E-state index contributed by atoms with van der Waals surface area (Å²) in [6, 6.07) is 10.7. The molecule has 0 bridgehead atoms. The highest BCUT2D eigenvalue weighted by Crippen LogP contribution is 2.39. The summed E-state index contributed by atoms with van der Waals surface area (Å²) in [6.45, 7) is 0. The molecule has 30 heavy (non-hydrogen) atoms. The van der Waals surface area contributed by atoms with Crippen LogP contribution in [0.15, 0.2) is 42.5 Å². The number of halogens is 1. The zero-order valence-electron chi connectivity index (χ0n) is 15.7. The third-order valence-corrected chi connectivity index (χ3v) is 4.99. The molecule has 1 aromatic heterocycles. The average molecular weight is 523 g/mol.